The normalized spacial score (nSPS) is 23.1. The molecule has 0 amide bonds. The Morgan fingerprint density at radius 1 is 0.909 bits per heavy atom. The number of aromatic nitrogens is 5. The molecular weight excluding hydrogens is 560 g/mol. The molecule has 7 nitrogen and oxygen atoms in total. The van der Waals surface area contributed by atoms with Crippen LogP contribution in [0.2, 0.25) is 0 Å². The molecule has 2 aromatic rings. The molecule has 4 rings (SSSR count). The lowest BCUT2D eigenvalue weighted by Gasteiger charge is -2.29. The first-order chi connectivity index (χ1) is 15.4. The van der Waals surface area contributed by atoms with Crippen molar-refractivity contribution in [3.63, 3.8) is 0 Å². The van der Waals surface area contributed by atoms with Gasteiger partial charge in [0.1, 0.15) is 5.69 Å². The Morgan fingerprint density at radius 2 is 1.36 bits per heavy atom. The molecule has 0 bridgehead atoms. The lowest BCUT2D eigenvalue weighted by atomic mass is 9.92. The van der Waals surface area contributed by atoms with Crippen LogP contribution in [0.15, 0.2) is 12.3 Å². The van der Waals surface area contributed by atoms with Gasteiger partial charge in [0.25, 0.3) is 5.95 Å². The monoisotopic (exact) mass is 585 g/mol. The van der Waals surface area contributed by atoms with Gasteiger partial charge in [-0.25, -0.2) is 26.6 Å². The van der Waals surface area contributed by atoms with E-state index in [1.54, 1.807) is 22.6 Å². The highest BCUT2D eigenvalue weighted by Gasteiger charge is 2.36. The van der Waals surface area contributed by atoms with E-state index in [0.29, 0.717) is 0 Å². The van der Waals surface area contributed by atoms with Gasteiger partial charge in [-0.05, 0) is 61.3 Å². The smallest absolute Gasteiger partial charge is 0.257 e. The van der Waals surface area contributed by atoms with Gasteiger partial charge in [0, 0.05) is 44.0 Å². The quantitative estimate of drug-likeness (QED) is 0.261. The number of rotatable bonds is 6. The highest BCUT2D eigenvalue weighted by Crippen LogP contribution is 2.35. The van der Waals surface area contributed by atoms with Crippen LogP contribution in [0, 0.1) is 0 Å². The van der Waals surface area contributed by atoms with Gasteiger partial charge in [0.15, 0.2) is 0 Å². The minimum Gasteiger partial charge on any atom is -0.351 e. The molecule has 0 aliphatic heterocycles. The zero-order valence-electron chi connectivity index (χ0n) is 18.0. The summed E-state index contributed by atoms with van der Waals surface area (Å²) in [6.45, 7) is 1.37. The summed E-state index contributed by atoms with van der Waals surface area (Å²) >= 11 is 1.62. The molecule has 0 spiro atoms. The van der Waals surface area contributed by atoms with Gasteiger partial charge < -0.3 is 10.6 Å². The summed E-state index contributed by atoms with van der Waals surface area (Å²) in [6, 6.07) is 1.03. The van der Waals surface area contributed by atoms with E-state index in [1.165, 1.54) is 23.9 Å². The minimum absolute atomic E-state index is 0.101. The van der Waals surface area contributed by atoms with E-state index in [1.807, 2.05) is 0 Å². The predicted molar refractivity (Wildman–Crippen MR) is 121 cm³/mol. The third kappa shape index (κ3) is 6.41. The Kier molecular flexibility index (Phi) is 6.71. The average Bonchev–Trinajstić information content (AvgIpc) is 3.22. The second-order valence-corrected chi connectivity index (χ2v) is 10.9. The molecule has 2 aromatic heterocycles. The van der Waals surface area contributed by atoms with Crippen molar-refractivity contribution in [1.82, 2.24) is 24.7 Å². The van der Waals surface area contributed by atoms with Crippen LogP contribution >= 0.6 is 22.6 Å². The molecule has 0 saturated heterocycles. The van der Waals surface area contributed by atoms with Crippen molar-refractivity contribution in [2.75, 3.05) is 10.6 Å². The maximum absolute atomic E-state index is 14.3. The summed E-state index contributed by atoms with van der Waals surface area (Å²) in [5, 5.41) is 10.4. The molecule has 2 heterocycles. The minimum atomic E-state index is -2.66. The van der Waals surface area contributed by atoms with Crippen LogP contribution in [0.1, 0.15) is 64.0 Å². The standard InChI is InChI=1S/C20H25F5IN7/c1-18(21,26)14-6-11-33(32-14)17-30-15(27-12-2-7-19(22,23)8-3-12)29-16(31-17)28-13-4-9-20(24,25)10-5-13/h6,11-13H,2-5,7-10H2,1H3,(H2,27,28,29,30,31). The molecule has 1 unspecified atom stereocenters. The van der Waals surface area contributed by atoms with Gasteiger partial charge in [0.2, 0.25) is 27.4 Å². The van der Waals surface area contributed by atoms with E-state index in [0.717, 1.165) is 0 Å². The van der Waals surface area contributed by atoms with Crippen LogP contribution in [0.3, 0.4) is 0 Å². The summed E-state index contributed by atoms with van der Waals surface area (Å²) in [5.41, 5.74) is 0.177. The molecule has 2 aliphatic carbocycles. The van der Waals surface area contributed by atoms with Crippen molar-refractivity contribution >= 4 is 34.5 Å². The fourth-order valence-corrected chi connectivity index (χ4v) is 4.29. The topological polar surface area (TPSA) is 80.5 Å². The zero-order valence-corrected chi connectivity index (χ0v) is 20.1. The molecular formula is C20H25F5IN7. The summed E-state index contributed by atoms with van der Waals surface area (Å²) in [5.74, 6) is -4.91. The van der Waals surface area contributed by atoms with Crippen LogP contribution in [-0.2, 0) is 3.68 Å². The van der Waals surface area contributed by atoms with Crippen LogP contribution in [-0.4, -0.2) is 48.7 Å². The van der Waals surface area contributed by atoms with Crippen molar-refractivity contribution in [2.45, 2.75) is 85.9 Å². The lowest BCUT2D eigenvalue weighted by Crippen LogP contribution is -2.34. The summed E-state index contributed by atoms with van der Waals surface area (Å²) in [4.78, 5) is 13.0. The highest BCUT2D eigenvalue weighted by molar-refractivity contribution is 14.1. The molecule has 2 fully saturated rings. The van der Waals surface area contributed by atoms with Crippen molar-refractivity contribution in [3.8, 4) is 5.95 Å². The first-order valence-corrected chi connectivity index (χ1v) is 12.0. The average molecular weight is 585 g/mol. The van der Waals surface area contributed by atoms with Crippen LogP contribution in [0.25, 0.3) is 5.95 Å². The van der Waals surface area contributed by atoms with Crippen LogP contribution in [0.4, 0.5) is 33.8 Å². The Morgan fingerprint density at radius 3 is 1.76 bits per heavy atom. The molecule has 2 saturated carbocycles. The van der Waals surface area contributed by atoms with Gasteiger partial charge >= 0.3 is 0 Å². The summed E-state index contributed by atoms with van der Waals surface area (Å²) < 4.78 is 67.9. The van der Waals surface area contributed by atoms with Crippen molar-refractivity contribution < 1.29 is 22.0 Å². The number of alkyl halides is 6. The van der Waals surface area contributed by atoms with Gasteiger partial charge in [0.05, 0.1) is 0 Å². The van der Waals surface area contributed by atoms with E-state index in [-0.39, 0.29) is 87.0 Å². The number of nitrogens with zero attached hydrogens (tertiary/aromatic N) is 5. The molecule has 2 N–H and O–H groups in total. The van der Waals surface area contributed by atoms with E-state index < -0.39 is 15.5 Å². The van der Waals surface area contributed by atoms with E-state index in [9.17, 15) is 22.0 Å². The van der Waals surface area contributed by atoms with Gasteiger partial charge in [-0.3, -0.25) is 0 Å². The molecule has 182 valence electrons. The second kappa shape index (κ2) is 9.10. The Balaban J connectivity index is 1.57. The maximum Gasteiger partial charge on any atom is 0.257 e. The Labute approximate surface area is 201 Å². The molecule has 2 aliphatic rings. The number of hydrogen-bond acceptors (Lipinski definition) is 6. The van der Waals surface area contributed by atoms with Crippen LogP contribution in [0.5, 0.6) is 0 Å². The lowest BCUT2D eigenvalue weighted by molar-refractivity contribution is -0.0366. The second-order valence-electron chi connectivity index (χ2n) is 8.87. The molecule has 33 heavy (non-hydrogen) atoms. The first-order valence-electron chi connectivity index (χ1n) is 10.9. The number of hydrogen-bond donors (Lipinski definition) is 2. The fraction of sp³-hybridized carbons (Fsp3) is 0.700. The zero-order chi connectivity index (χ0) is 23.9. The first kappa shape index (κ1) is 24.3. The van der Waals surface area contributed by atoms with E-state index in [4.69, 9.17) is 0 Å². The maximum atomic E-state index is 14.3. The van der Waals surface area contributed by atoms with Gasteiger partial charge in [-0.2, -0.15) is 20.1 Å². The summed E-state index contributed by atoms with van der Waals surface area (Å²) in [7, 11) is 0. The van der Waals surface area contributed by atoms with E-state index in [2.05, 4.69) is 30.7 Å². The SMILES string of the molecule is CC(F)(I)c1ccn(-c2nc(NC3CCC(F)(F)CC3)nc(NC3CCC(F)(F)CC3)n2)n1. The number of nitrogens with one attached hydrogen (secondary N) is 2. The van der Waals surface area contributed by atoms with Crippen molar-refractivity contribution in [2.24, 2.45) is 0 Å². The number of halogens is 6. The molecule has 0 aromatic carbocycles. The highest BCUT2D eigenvalue weighted by atomic mass is 127. The predicted octanol–water partition coefficient (Wildman–Crippen LogP) is 5.61. The Bertz CT molecular complexity index is 910. The van der Waals surface area contributed by atoms with E-state index >= 15 is 0 Å². The van der Waals surface area contributed by atoms with Crippen molar-refractivity contribution in [1.29, 1.82) is 0 Å². The largest absolute Gasteiger partial charge is 0.351 e. The third-order valence-corrected chi connectivity index (χ3v) is 6.52. The van der Waals surface area contributed by atoms with Gasteiger partial charge in [-0.1, -0.05) is 0 Å². The van der Waals surface area contributed by atoms with Crippen LogP contribution < -0.4 is 10.6 Å². The third-order valence-electron chi connectivity index (χ3n) is 5.97. The summed E-state index contributed by atoms with van der Waals surface area (Å²) in [6.07, 6.45) is 1.65. The van der Waals surface area contributed by atoms with Crippen molar-refractivity contribution in [3.05, 3.63) is 18.0 Å². The number of anilines is 2. The Hall–Kier alpha value is -1.80. The molecule has 0 radical (unpaired) electrons. The fourth-order valence-electron chi connectivity index (χ4n) is 4.00. The van der Waals surface area contributed by atoms with Gasteiger partial charge in [-0.15, -0.1) is 0 Å². The molecule has 1 atom stereocenters. The molecule has 13 heteroatoms.